The highest BCUT2D eigenvalue weighted by Gasteiger charge is 2.24. The Kier molecular flexibility index (Phi) is 5.04. The molecule has 2 aliphatic heterocycles. The van der Waals surface area contributed by atoms with Crippen molar-refractivity contribution in [2.24, 2.45) is 0 Å². The molecule has 1 aromatic heterocycles. The van der Waals surface area contributed by atoms with Crippen LogP contribution in [-0.2, 0) is 19.5 Å². The van der Waals surface area contributed by atoms with Crippen LogP contribution in [0.25, 0.3) is 0 Å². The number of aromatic nitrogens is 2. The summed E-state index contributed by atoms with van der Waals surface area (Å²) in [6, 6.07) is 6.38. The van der Waals surface area contributed by atoms with E-state index in [0.29, 0.717) is 6.04 Å². The van der Waals surface area contributed by atoms with Crippen molar-refractivity contribution < 1.29 is 9.47 Å². The van der Waals surface area contributed by atoms with Crippen molar-refractivity contribution in [3.63, 3.8) is 0 Å². The molecule has 0 bridgehead atoms. The Morgan fingerprint density at radius 2 is 2.19 bits per heavy atom. The van der Waals surface area contributed by atoms with Gasteiger partial charge in [0.15, 0.2) is 11.5 Å². The van der Waals surface area contributed by atoms with Gasteiger partial charge in [-0.05, 0) is 25.5 Å². The van der Waals surface area contributed by atoms with Crippen molar-refractivity contribution in [1.29, 1.82) is 0 Å². The third kappa shape index (κ3) is 3.39. The summed E-state index contributed by atoms with van der Waals surface area (Å²) in [6.45, 7) is 3.75. The van der Waals surface area contributed by atoms with Gasteiger partial charge in [0.25, 0.3) is 0 Å². The third-order valence-corrected chi connectivity index (χ3v) is 5.28. The zero-order chi connectivity index (χ0) is 17.9. The van der Waals surface area contributed by atoms with Crippen molar-refractivity contribution in [2.45, 2.75) is 38.4 Å². The van der Waals surface area contributed by atoms with Crippen molar-refractivity contribution >= 4 is 0 Å². The number of nitrogens with zero attached hydrogens (tertiary/aromatic N) is 3. The molecule has 0 unspecified atom stereocenters. The molecule has 1 saturated heterocycles. The second kappa shape index (κ2) is 7.60. The Balaban J connectivity index is 1.49. The van der Waals surface area contributed by atoms with Crippen LogP contribution in [0.2, 0.25) is 0 Å². The lowest BCUT2D eigenvalue weighted by Gasteiger charge is -2.29. The van der Waals surface area contributed by atoms with Crippen molar-refractivity contribution in [1.82, 2.24) is 20.2 Å². The molecule has 1 fully saturated rings. The molecule has 4 rings (SSSR count). The quantitative estimate of drug-likeness (QED) is 0.890. The number of para-hydroxylation sites is 1. The Hall–Kier alpha value is -2.18. The molecule has 0 radical (unpaired) electrons. The van der Waals surface area contributed by atoms with Gasteiger partial charge in [-0.2, -0.15) is 0 Å². The summed E-state index contributed by atoms with van der Waals surface area (Å²) in [5, 5.41) is 3.48. The predicted molar refractivity (Wildman–Crippen MR) is 99.4 cm³/mol. The fraction of sp³-hybridized carbons (Fsp3) is 0.500. The average molecular weight is 354 g/mol. The lowest BCUT2D eigenvalue weighted by molar-refractivity contribution is 0.237. The van der Waals surface area contributed by atoms with Gasteiger partial charge in [0.1, 0.15) is 5.82 Å². The molecule has 6 heteroatoms. The van der Waals surface area contributed by atoms with Gasteiger partial charge in [0.2, 0.25) is 0 Å². The van der Waals surface area contributed by atoms with Crippen LogP contribution in [0, 0.1) is 0 Å². The Labute approximate surface area is 154 Å². The minimum absolute atomic E-state index is 0.333. The molecule has 26 heavy (non-hydrogen) atoms. The van der Waals surface area contributed by atoms with Crippen LogP contribution in [0.1, 0.15) is 41.5 Å². The molecular weight excluding hydrogens is 328 g/mol. The van der Waals surface area contributed by atoms with Gasteiger partial charge in [-0.25, -0.2) is 9.97 Å². The average Bonchev–Trinajstić information content (AvgIpc) is 3.22. The number of benzene rings is 1. The lowest BCUT2D eigenvalue weighted by Crippen LogP contribution is -2.31. The molecule has 2 aliphatic rings. The predicted octanol–water partition coefficient (Wildman–Crippen LogP) is 2.48. The second-order valence-corrected chi connectivity index (χ2v) is 6.96. The van der Waals surface area contributed by atoms with Gasteiger partial charge in [-0.3, -0.25) is 4.90 Å². The molecule has 0 amide bonds. The molecule has 138 valence electrons. The number of methoxy groups -OCH3 is 2. The number of hydrogen-bond acceptors (Lipinski definition) is 6. The topological polar surface area (TPSA) is 59.5 Å². The van der Waals surface area contributed by atoms with Crippen LogP contribution in [-0.4, -0.2) is 42.2 Å². The number of hydrogen-bond donors (Lipinski definition) is 1. The van der Waals surface area contributed by atoms with Gasteiger partial charge in [0.05, 0.1) is 20.3 Å². The van der Waals surface area contributed by atoms with Gasteiger partial charge >= 0.3 is 0 Å². The molecule has 1 aromatic carbocycles. The van der Waals surface area contributed by atoms with E-state index >= 15 is 0 Å². The van der Waals surface area contributed by atoms with E-state index in [4.69, 9.17) is 14.5 Å². The second-order valence-electron chi connectivity index (χ2n) is 6.96. The summed E-state index contributed by atoms with van der Waals surface area (Å²) >= 11 is 0. The number of nitrogens with one attached hydrogen (secondary N) is 1. The molecule has 1 N–H and O–H groups in total. The number of rotatable bonds is 5. The summed E-state index contributed by atoms with van der Waals surface area (Å²) in [5.41, 5.74) is 3.58. The van der Waals surface area contributed by atoms with E-state index in [0.717, 1.165) is 61.9 Å². The Bertz CT molecular complexity index is 774. The maximum absolute atomic E-state index is 5.57. The highest BCUT2D eigenvalue weighted by Crippen LogP contribution is 2.32. The van der Waals surface area contributed by atoms with Crippen molar-refractivity contribution in [3.05, 3.63) is 47.0 Å². The third-order valence-electron chi connectivity index (χ3n) is 5.28. The molecular formula is C20H26N4O2. The largest absolute Gasteiger partial charge is 0.493 e. The highest BCUT2D eigenvalue weighted by molar-refractivity contribution is 5.46. The summed E-state index contributed by atoms with van der Waals surface area (Å²) in [7, 11) is 3.37. The summed E-state index contributed by atoms with van der Waals surface area (Å²) in [4.78, 5) is 11.9. The van der Waals surface area contributed by atoms with E-state index in [-0.39, 0.29) is 0 Å². The smallest absolute Gasteiger partial charge is 0.165 e. The van der Waals surface area contributed by atoms with Crippen LogP contribution in [0.3, 0.4) is 0 Å². The van der Waals surface area contributed by atoms with Gasteiger partial charge in [-0.1, -0.05) is 12.1 Å². The minimum Gasteiger partial charge on any atom is -0.493 e. The lowest BCUT2D eigenvalue weighted by atomic mass is 10.1. The molecule has 0 saturated carbocycles. The normalized spacial score (nSPS) is 20.0. The first-order chi connectivity index (χ1) is 12.8. The molecule has 3 heterocycles. The van der Waals surface area contributed by atoms with E-state index in [9.17, 15) is 0 Å². The first kappa shape index (κ1) is 17.2. The van der Waals surface area contributed by atoms with Gasteiger partial charge in [0, 0.05) is 49.1 Å². The van der Waals surface area contributed by atoms with E-state index in [1.54, 1.807) is 14.2 Å². The van der Waals surface area contributed by atoms with Gasteiger partial charge < -0.3 is 14.8 Å². The van der Waals surface area contributed by atoms with E-state index in [1.807, 2.05) is 18.3 Å². The molecule has 1 atom stereocenters. The molecule has 0 aliphatic carbocycles. The maximum atomic E-state index is 5.57. The summed E-state index contributed by atoms with van der Waals surface area (Å²) in [5.74, 6) is 2.56. The van der Waals surface area contributed by atoms with Crippen LogP contribution < -0.4 is 14.8 Å². The zero-order valence-electron chi connectivity index (χ0n) is 15.5. The first-order valence-electron chi connectivity index (χ1n) is 9.28. The Morgan fingerprint density at radius 1 is 1.27 bits per heavy atom. The highest BCUT2D eigenvalue weighted by atomic mass is 16.5. The van der Waals surface area contributed by atoms with Gasteiger partial charge in [-0.15, -0.1) is 0 Å². The van der Waals surface area contributed by atoms with E-state index in [1.165, 1.54) is 17.7 Å². The maximum Gasteiger partial charge on any atom is 0.165 e. The SMILES string of the molecule is COc1cccc(CN2CCc3nc([C@H]4CCCN4)ncc3C2)c1OC. The zero-order valence-corrected chi connectivity index (χ0v) is 15.5. The fourth-order valence-corrected chi connectivity index (χ4v) is 3.92. The van der Waals surface area contributed by atoms with Crippen LogP contribution in [0.4, 0.5) is 0 Å². The Morgan fingerprint density at radius 3 is 2.96 bits per heavy atom. The van der Waals surface area contributed by atoms with Crippen LogP contribution >= 0.6 is 0 Å². The standard InChI is InChI=1S/C20H26N4O2/c1-25-18-7-3-5-14(19(18)26-2)12-24-10-8-16-15(13-24)11-22-20(23-16)17-6-4-9-21-17/h3,5,7,11,17,21H,4,6,8-10,12-13H2,1-2H3/t17-/m1/s1. The molecule has 2 aromatic rings. The van der Waals surface area contributed by atoms with E-state index < -0.39 is 0 Å². The van der Waals surface area contributed by atoms with Crippen molar-refractivity contribution in [3.8, 4) is 11.5 Å². The molecule has 6 nitrogen and oxygen atoms in total. The summed E-state index contributed by atoms with van der Waals surface area (Å²) in [6.07, 6.45) is 5.33. The number of ether oxygens (including phenoxy) is 2. The van der Waals surface area contributed by atoms with Crippen LogP contribution in [0.5, 0.6) is 11.5 Å². The fourth-order valence-electron chi connectivity index (χ4n) is 3.92. The number of fused-ring (bicyclic) bond motifs is 1. The van der Waals surface area contributed by atoms with E-state index in [2.05, 4.69) is 21.3 Å². The minimum atomic E-state index is 0.333. The van der Waals surface area contributed by atoms with Crippen molar-refractivity contribution in [2.75, 3.05) is 27.3 Å². The van der Waals surface area contributed by atoms with Crippen LogP contribution in [0.15, 0.2) is 24.4 Å². The summed E-state index contributed by atoms with van der Waals surface area (Å²) < 4.78 is 11.0. The first-order valence-corrected chi connectivity index (χ1v) is 9.28. The monoisotopic (exact) mass is 354 g/mol. The molecule has 0 spiro atoms.